The molecule has 3 aromatic rings. The number of halogens is 1. The summed E-state index contributed by atoms with van der Waals surface area (Å²) in [5.41, 5.74) is 6.67. The number of aryl methyl sites for hydroxylation is 2. The van der Waals surface area contributed by atoms with Gasteiger partial charge in [-0.05, 0) is 72.1 Å². The SMILES string of the molecule is CCOc1cc(C=NNC(=O)C(=O)Nc2ccc(C)cc2)cc(Br)c1OCc1cccc(C)c1. The van der Waals surface area contributed by atoms with Gasteiger partial charge in [0.2, 0.25) is 0 Å². The van der Waals surface area contributed by atoms with Crippen LogP contribution < -0.4 is 20.2 Å². The van der Waals surface area contributed by atoms with Crippen LogP contribution in [0.15, 0.2) is 70.2 Å². The van der Waals surface area contributed by atoms with Gasteiger partial charge < -0.3 is 14.8 Å². The molecule has 3 rings (SSSR count). The standard InChI is InChI=1S/C26H26BrN3O4/c1-4-33-23-14-20(13-22(27)24(23)34-16-19-7-5-6-18(3)12-19)15-28-30-26(32)25(31)29-21-10-8-17(2)9-11-21/h5-15H,4,16H2,1-3H3,(H,29,31)(H,30,32). The molecule has 0 aliphatic heterocycles. The average Bonchev–Trinajstić information content (AvgIpc) is 2.80. The highest BCUT2D eigenvalue weighted by atomic mass is 79.9. The molecule has 2 N–H and O–H groups in total. The first-order valence-electron chi connectivity index (χ1n) is 10.7. The fraction of sp³-hybridized carbons (Fsp3) is 0.192. The van der Waals surface area contributed by atoms with Crippen LogP contribution >= 0.6 is 15.9 Å². The molecule has 0 saturated carbocycles. The molecule has 34 heavy (non-hydrogen) atoms. The van der Waals surface area contributed by atoms with Crippen LogP contribution in [0.5, 0.6) is 11.5 Å². The van der Waals surface area contributed by atoms with Crippen molar-refractivity contribution >= 4 is 39.6 Å². The van der Waals surface area contributed by atoms with Crippen molar-refractivity contribution < 1.29 is 19.1 Å². The maximum atomic E-state index is 12.0. The third-order valence-corrected chi connectivity index (χ3v) is 5.28. The number of carbonyl (C=O) groups excluding carboxylic acids is 2. The summed E-state index contributed by atoms with van der Waals surface area (Å²) in [5.74, 6) is -0.576. The first-order chi connectivity index (χ1) is 16.4. The molecule has 0 unspecified atom stereocenters. The minimum absolute atomic E-state index is 0.389. The Morgan fingerprint density at radius 3 is 2.44 bits per heavy atom. The van der Waals surface area contributed by atoms with Crippen LogP contribution in [0, 0.1) is 13.8 Å². The molecule has 0 bridgehead atoms. The van der Waals surface area contributed by atoms with Crippen molar-refractivity contribution in [3.8, 4) is 11.5 Å². The molecule has 0 aliphatic rings. The van der Waals surface area contributed by atoms with Crippen LogP contribution in [-0.4, -0.2) is 24.6 Å². The normalized spacial score (nSPS) is 10.7. The Hall–Kier alpha value is -3.65. The molecule has 0 heterocycles. The molecule has 8 heteroatoms. The van der Waals surface area contributed by atoms with Gasteiger partial charge in [-0.2, -0.15) is 5.10 Å². The smallest absolute Gasteiger partial charge is 0.329 e. The van der Waals surface area contributed by atoms with Crippen LogP contribution in [0.3, 0.4) is 0 Å². The number of benzene rings is 3. The predicted molar refractivity (Wildman–Crippen MR) is 136 cm³/mol. The Bertz CT molecular complexity index is 1190. The molecule has 0 aromatic heterocycles. The lowest BCUT2D eigenvalue weighted by Crippen LogP contribution is -2.32. The van der Waals surface area contributed by atoms with E-state index in [1.54, 1.807) is 24.3 Å². The second-order valence-corrected chi connectivity index (χ2v) is 8.41. The van der Waals surface area contributed by atoms with E-state index in [9.17, 15) is 9.59 Å². The van der Waals surface area contributed by atoms with Crippen LogP contribution in [0.4, 0.5) is 5.69 Å². The summed E-state index contributed by atoms with van der Waals surface area (Å²) in [7, 11) is 0. The van der Waals surface area contributed by atoms with E-state index >= 15 is 0 Å². The zero-order valence-electron chi connectivity index (χ0n) is 19.2. The zero-order valence-corrected chi connectivity index (χ0v) is 20.8. The summed E-state index contributed by atoms with van der Waals surface area (Å²) in [6, 6.07) is 18.7. The molecule has 0 aliphatic carbocycles. The van der Waals surface area contributed by atoms with Gasteiger partial charge in [0.1, 0.15) is 6.61 Å². The third-order valence-electron chi connectivity index (χ3n) is 4.69. The number of hydrazone groups is 1. The van der Waals surface area contributed by atoms with Crippen LogP contribution in [0.25, 0.3) is 0 Å². The largest absolute Gasteiger partial charge is 0.490 e. The highest BCUT2D eigenvalue weighted by Gasteiger charge is 2.14. The molecule has 0 fully saturated rings. The van der Waals surface area contributed by atoms with Crippen molar-refractivity contribution in [3.63, 3.8) is 0 Å². The topological polar surface area (TPSA) is 89.0 Å². The molecular weight excluding hydrogens is 498 g/mol. The molecule has 176 valence electrons. The lowest BCUT2D eigenvalue weighted by molar-refractivity contribution is -0.136. The van der Waals surface area contributed by atoms with Crippen molar-refractivity contribution in [3.05, 3.63) is 87.4 Å². The Kier molecular flexibility index (Phi) is 8.81. The van der Waals surface area contributed by atoms with E-state index in [0.29, 0.717) is 40.4 Å². The Labute approximate surface area is 207 Å². The maximum Gasteiger partial charge on any atom is 0.329 e. The molecule has 2 amide bonds. The fourth-order valence-electron chi connectivity index (χ4n) is 3.06. The molecule has 0 spiro atoms. The van der Waals surface area contributed by atoms with Crippen molar-refractivity contribution in [2.24, 2.45) is 5.10 Å². The molecular formula is C26H26BrN3O4. The van der Waals surface area contributed by atoms with Gasteiger partial charge >= 0.3 is 11.8 Å². The van der Waals surface area contributed by atoms with Crippen molar-refractivity contribution in [2.45, 2.75) is 27.4 Å². The second-order valence-electron chi connectivity index (χ2n) is 7.56. The summed E-state index contributed by atoms with van der Waals surface area (Å²) in [6.07, 6.45) is 1.43. The van der Waals surface area contributed by atoms with E-state index in [2.05, 4.69) is 37.8 Å². The predicted octanol–water partition coefficient (Wildman–Crippen LogP) is 5.13. The van der Waals surface area contributed by atoms with Crippen LogP contribution in [0.1, 0.15) is 29.2 Å². The third kappa shape index (κ3) is 7.18. The number of nitrogens with one attached hydrogen (secondary N) is 2. The van der Waals surface area contributed by atoms with Gasteiger partial charge in [0.25, 0.3) is 0 Å². The van der Waals surface area contributed by atoms with Gasteiger partial charge in [-0.15, -0.1) is 0 Å². The van der Waals surface area contributed by atoms with Crippen molar-refractivity contribution in [1.29, 1.82) is 0 Å². The van der Waals surface area contributed by atoms with Crippen LogP contribution in [0.2, 0.25) is 0 Å². The number of hydrogen-bond acceptors (Lipinski definition) is 5. The molecule has 0 atom stereocenters. The molecule has 3 aromatic carbocycles. The molecule has 7 nitrogen and oxygen atoms in total. The Morgan fingerprint density at radius 2 is 1.74 bits per heavy atom. The molecule has 0 radical (unpaired) electrons. The lowest BCUT2D eigenvalue weighted by Gasteiger charge is -2.15. The van der Waals surface area contributed by atoms with E-state index in [0.717, 1.165) is 16.7 Å². The van der Waals surface area contributed by atoms with Gasteiger partial charge in [0.15, 0.2) is 11.5 Å². The number of anilines is 1. The summed E-state index contributed by atoms with van der Waals surface area (Å²) >= 11 is 3.52. The average molecular weight is 524 g/mol. The number of hydrogen-bond donors (Lipinski definition) is 2. The van der Waals surface area contributed by atoms with Gasteiger partial charge in [-0.1, -0.05) is 47.5 Å². The van der Waals surface area contributed by atoms with Gasteiger partial charge in [-0.3, -0.25) is 9.59 Å². The van der Waals surface area contributed by atoms with E-state index in [1.807, 2.05) is 51.1 Å². The number of amides is 2. The monoisotopic (exact) mass is 523 g/mol. The summed E-state index contributed by atoms with van der Waals surface area (Å²) in [4.78, 5) is 24.1. The lowest BCUT2D eigenvalue weighted by atomic mass is 10.1. The summed E-state index contributed by atoms with van der Waals surface area (Å²) in [6.45, 7) is 6.69. The first-order valence-corrected chi connectivity index (χ1v) is 11.5. The maximum absolute atomic E-state index is 12.0. The van der Waals surface area contributed by atoms with Gasteiger partial charge in [0.05, 0.1) is 17.3 Å². The number of carbonyl (C=O) groups is 2. The number of ether oxygens (including phenoxy) is 2. The second kappa shape index (κ2) is 12.0. The van der Waals surface area contributed by atoms with E-state index in [1.165, 1.54) is 6.21 Å². The van der Waals surface area contributed by atoms with Gasteiger partial charge in [-0.25, -0.2) is 5.43 Å². The highest BCUT2D eigenvalue weighted by molar-refractivity contribution is 9.10. The van der Waals surface area contributed by atoms with E-state index in [4.69, 9.17) is 9.47 Å². The molecule has 0 saturated heterocycles. The van der Waals surface area contributed by atoms with Crippen molar-refractivity contribution in [1.82, 2.24) is 5.43 Å². The fourth-order valence-corrected chi connectivity index (χ4v) is 3.64. The highest BCUT2D eigenvalue weighted by Crippen LogP contribution is 2.37. The Balaban J connectivity index is 1.64. The van der Waals surface area contributed by atoms with Crippen LogP contribution in [-0.2, 0) is 16.2 Å². The summed E-state index contributed by atoms with van der Waals surface area (Å²) < 4.78 is 12.4. The first kappa shape index (κ1) is 25.0. The zero-order chi connectivity index (χ0) is 24.5. The quantitative estimate of drug-likeness (QED) is 0.243. The summed E-state index contributed by atoms with van der Waals surface area (Å²) in [5, 5.41) is 6.41. The van der Waals surface area contributed by atoms with E-state index < -0.39 is 11.8 Å². The Morgan fingerprint density at radius 1 is 0.971 bits per heavy atom. The van der Waals surface area contributed by atoms with Crippen molar-refractivity contribution in [2.75, 3.05) is 11.9 Å². The van der Waals surface area contributed by atoms with E-state index in [-0.39, 0.29) is 0 Å². The minimum atomic E-state index is -0.876. The number of nitrogens with zero attached hydrogens (tertiary/aromatic N) is 1. The van der Waals surface area contributed by atoms with Gasteiger partial charge in [0, 0.05) is 5.69 Å². The minimum Gasteiger partial charge on any atom is -0.490 e. The number of rotatable bonds is 8.